The van der Waals surface area contributed by atoms with Crippen LogP contribution in [0.5, 0.6) is 11.5 Å². The molecule has 2 aromatic carbocycles. The quantitative estimate of drug-likeness (QED) is 0.123. The van der Waals surface area contributed by atoms with Crippen molar-refractivity contribution in [1.29, 1.82) is 0 Å². The van der Waals surface area contributed by atoms with Crippen molar-refractivity contribution in [2.24, 2.45) is 0 Å². The summed E-state index contributed by atoms with van der Waals surface area (Å²) in [6, 6.07) is 7.78. The first-order valence-corrected chi connectivity index (χ1v) is 18.5. The normalized spacial score (nSPS) is 14.0. The van der Waals surface area contributed by atoms with Crippen LogP contribution in [-0.4, -0.2) is 24.2 Å². The van der Waals surface area contributed by atoms with Crippen molar-refractivity contribution in [1.82, 2.24) is 0 Å². The summed E-state index contributed by atoms with van der Waals surface area (Å²) in [7, 11) is -9.59. The van der Waals surface area contributed by atoms with Gasteiger partial charge >= 0.3 is 15.6 Å². The van der Waals surface area contributed by atoms with E-state index in [0.717, 1.165) is 9.79 Å². The van der Waals surface area contributed by atoms with Gasteiger partial charge in [-0.3, -0.25) is 19.6 Å². The predicted octanol–water partition coefficient (Wildman–Crippen LogP) is 9.05. The second-order valence-electron chi connectivity index (χ2n) is 14.7. The third-order valence-electron chi connectivity index (χ3n) is 6.38. The molecule has 0 aromatic heterocycles. The number of hydrogen-bond acceptors (Lipinski definition) is 6. The molecule has 0 radical (unpaired) electrons. The molecule has 0 fully saturated rings. The average Bonchev–Trinajstić information content (AvgIpc) is 2.70. The molecular formula is C30H48O8P2S2. The molecule has 0 aliphatic rings. The summed E-state index contributed by atoms with van der Waals surface area (Å²) in [5.74, 6) is 0.441. The molecule has 42 heavy (non-hydrogen) atoms. The van der Waals surface area contributed by atoms with Gasteiger partial charge in [0, 0.05) is 32.0 Å². The summed E-state index contributed by atoms with van der Waals surface area (Å²) in [6.07, 6.45) is 0. The Morgan fingerprint density at radius 2 is 0.762 bits per heavy atom. The van der Waals surface area contributed by atoms with Gasteiger partial charge in [-0.25, -0.2) is 9.13 Å². The number of thioether (sulfide) groups is 2. The Morgan fingerprint density at radius 1 is 0.548 bits per heavy atom. The molecule has 2 aromatic rings. The van der Waals surface area contributed by atoms with Crippen molar-refractivity contribution < 1.29 is 37.8 Å². The first-order chi connectivity index (χ1) is 18.5. The van der Waals surface area contributed by atoms with Gasteiger partial charge in [-0.2, -0.15) is 0 Å². The molecule has 0 saturated carbocycles. The summed E-state index contributed by atoms with van der Waals surface area (Å²) in [4.78, 5) is 40.7. The van der Waals surface area contributed by atoms with Gasteiger partial charge in [0.2, 0.25) is 0 Å². The van der Waals surface area contributed by atoms with E-state index in [1.54, 1.807) is 23.5 Å². The fraction of sp³-hybridized carbons (Fsp3) is 0.600. The van der Waals surface area contributed by atoms with Crippen LogP contribution in [0, 0.1) is 0 Å². The van der Waals surface area contributed by atoms with E-state index in [2.05, 4.69) is 6.92 Å². The fourth-order valence-corrected chi connectivity index (χ4v) is 7.65. The second kappa shape index (κ2) is 12.4. The number of phosphoric acid groups is 2. The maximum Gasteiger partial charge on any atom is 0.524 e. The SMILES string of the molecule is CC(Sc1cc(C(C)(C)C)c(OP(=O)(O)O)c(C(C)(C)C)c1)Sc1cc(C(C)(C)C)c(OP(=O)(O)O)c(C(C)(C)C)c1. The highest BCUT2D eigenvalue weighted by molar-refractivity contribution is 8.17. The van der Waals surface area contributed by atoms with E-state index in [4.69, 9.17) is 9.05 Å². The standard InChI is InChI=1S/C30H48O8P2S2/c1-18(41-19-14-21(27(2,3)4)25(37-39(31,32)33)22(15-19)28(5,6)7)42-20-16-23(29(8,9)10)26(38-40(34,35)36)24(17-20)30(11,12)13/h14-18H,1-13H3,(H2,31,32,33)(H2,34,35,36). The van der Waals surface area contributed by atoms with Crippen LogP contribution in [0.1, 0.15) is 112 Å². The lowest BCUT2D eigenvalue weighted by Gasteiger charge is -2.31. The molecule has 0 aliphatic heterocycles. The number of rotatable bonds is 8. The Labute approximate surface area is 260 Å². The zero-order chi connectivity index (χ0) is 32.9. The third-order valence-corrected chi connectivity index (χ3v) is 9.48. The lowest BCUT2D eigenvalue weighted by molar-refractivity contribution is 0.275. The molecule has 8 nitrogen and oxygen atoms in total. The van der Waals surface area contributed by atoms with E-state index in [1.165, 1.54) is 0 Å². The van der Waals surface area contributed by atoms with Gasteiger partial charge in [-0.15, -0.1) is 23.5 Å². The highest BCUT2D eigenvalue weighted by atomic mass is 32.2. The maximum absolute atomic E-state index is 11.9. The van der Waals surface area contributed by atoms with Crippen LogP contribution < -0.4 is 9.05 Å². The molecule has 2 rings (SSSR count). The Kier molecular flexibility index (Phi) is 11.0. The molecule has 0 saturated heterocycles. The largest absolute Gasteiger partial charge is 0.524 e. The molecule has 0 atom stereocenters. The summed E-state index contributed by atoms with van der Waals surface area (Å²) >= 11 is 3.25. The highest BCUT2D eigenvalue weighted by Gasteiger charge is 2.34. The van der Waals surface area contributed by atoms with Gasteiger partial charge in [0.25, 0.3) is 0 Å². The first kappa shape index (κ1) is 37.2. The van der Waals surface area contributed by atoms with Crippen molar-refractivity contribution in [2.75, 3.05) is 0 Å². The Hall–Kier alpha value is -0.960. The van der Waals surface area contributed by atoms with Crippen LogP contribution in [-0.2, 0) is 30.8 Å². The second-order valence-corrected chi connectivity index (χ2v) is 20.1. The van der Waals surface area contributed by atoms with Gasteiger partial charge in [-0.1, -0.05) is 83.1 Å². The Bertz CT molecular complexity index is 1210. The summed E-state index contributed by atoms with van der Waals surface area (Å²) in [5.41, 5.74) is 1.04. The molecule has 0 spiro atoms. The molecular weight excluding hydrogens is 614 g/mol. The molecule has 0 bridgehead atoms. The molecule has 0 amide bonds. The van der Waals surface area contributed by atoms with Crippen LogP contribution in [0.2, 0.25) is 0 Å². The lowest BCUT2D eigenvalue weighted by atomic mass is 9.79. The summed E-state index contributed by atoms with van der Waals surface area (Å²) in [5, 5.41) is 0. The molecule has 4 N–H and O–H groups in total. The smallest absolute Gasteiger partial charge is 0.404 e. The van der Waals surface area contributed by atoms with Gasteiger partial charge < -0.3 is 9.05 Å². The van der Waals surface area contributed by atoms with Crippen LogP contribution >= 0.6 is 39.2 Å². The van der Waals surface area contributed by atoms with E-state index >= 15 is 0 Å². The average molecular weight is 663 g/mol. The van der Waals surface area contributed by atoms with Gasteiger partial charge in [-0.05, 0) is 52.8 Å². The third kappa shape index (κ3) is 10.6. The summed E-state index contributed by atoms with van der Waals surface area (Å²) < 4.78 is 34.5. The minimum atomic E-state index is -4.79. The minimum Gasteiger partial charge on any atom is -0.404 e. The van der Waals surface area contributed by atoms with E-state index in [1.807, 2.05) is 107 Å². The molecule has 12 heteroatoms. The monoisotopic (exact) mass is 662 g/mol. The Morgan fingerprint density at radius 3 is 0.929 bits per heavy atom. The lowest BCUT2D eigenvalue weighted by Crippen LogP contribution is -2.20. The van der Waals surface area contributed by atoms with Crippen molar-refractivity contribution in [3.8, 4) is 11.5 Å². The topological polar surface area (TPSA) is 134 Å². The zero-order valence-corrected chi connectivity index (χ0v) is 30.4. The molecule has 0 aliphatic carbocycles. The van der Waals surface area contributed by atoms with Gasteiger partial charge in [0.1, 0.15) is 11.5 Å². The first-order valence-electron chi connectivity index (χ1n) is 13.7. The van der Waals surface area contributed by atoms with E-state index in [0.29, 0.717) is 22.3 Å². The van der Waals surface area contributed by atoms with E-state index in [9.17, 15) is 28.7 Å². The van der Waals surface area contributed by atoms with Crippen molar-refractivity contribution in [2.45, 2.75) is 126 Å². The molecule has 238 valence electrons. The van der Waals surface area contributed by atoms with Crippen LogP contribution in [0.15, 0.2) is 34.1 Å². The zero-order valence-electron chi connectivity index (χ0n) is 27.0. The van der Waals surface area contributed by atoms with Crippen LogP contribution in [0.4, 0.5) is 0 Å². The number of benzene rings is 2. The molecule has 0 heterocycles. The van der Waals surface area contributed by atoms with Gasteiger partial charge in [0.05, 0.1) is 4.58 Å². The number of phosphoric ester groups is 2. The molecule has 0 unspecified atom stereocenters. The van der Waals surface area contributed by atoms with Crippen LogP contribution in [0.3, 0.4) is 0 Å². The van der Waals surface area contributed by atoms with Crippen LogP contribution in [0.25, 0.3) is 0 Å². The summed E-state index contributed by atoms with van der Waals surface area (Å²) in [6.45, 7) is 25.9. The minimum absolute atomic E-state index is 0.00776. The maximum atomic E-state index is 11.9. The van der Waals surface area contributed by atoms with Crippen molar-refractivity contribution >= 4 is 39.2 Å². The predicted molar refractivity (Wildman–Crippen MR) is 174 cm³/mol. The van der Waals surface area contributed by atoms with Crippen molar-refractivity contribution in [3.63, 3.8) is 0 Å². The van der Waals surface area contributed by atoms with E-state index in [-0.39, 0.29) is 16.1 Å². The highest BCUT2D eigenvalue weighted by Crippen LogP contribution is 2.52. The number of hydrogen-bond donors (Lipinski definition) is 4. The van der Waals surface area contributed by atoms with E-state index < -0.39 is 37.3 Å². The van der Waals surface area contributed by atoms with Crippen molar-refractivity contribution in [3.05, 3.63) is 46.5 Å². The fourth-order valence-electron chi connectivity index (χ4n) is 4.41. The Balaban J connectivity index is 2.65. The van der Waals surface area contributed by atoms with Gasteiger partial charge in [0.15, 0.2) is 0 Å².